The highest BCUT2D eigenvalue weighted by Gasteiger charge is 2.17. The Bertz CT molecular complexity index is 1180. The van der Waals surface area contributed by atoms with Crippen molar-refractivity contribution in [2.75, 3.05) is 0 Å². The number of nitrogens with zero attached hydrogens (tertiary/aromatic N) is 2. The summed E-state index contributed by atoms with van der Waals surface area (Å²) in [5.74, 6) is -0.567. The molecule has 0 aliphatic heterocycles. The Morgan fingerprint density at radius 3 is 2.37 bits per heavy atom. The lowest BCUT2D eigenvalue weighted by Crippen LogP contribution is -2.25. The Hall–Kier alpha value is -3.70. The van der Waals surface area contributed by atoms with Crippen LogP contribution in [0.25, 0.3) is 10.9 Å². The van der Waals surface area contributed by atoms with Crippen LogP contribution in [0.4, 0.5) is 0 Å². The summed E-state index contributed by atoms with van der Waals surface area (Å²) in [6.07, 6.45) is 0.387. The standard InChI is InChI=1S/C25H23N3O2/c1-18-22(16-26-27-25(30)24(29)20-12-6-3-7-13-20)21-14-8-9-15-23(21)28(18)17-19-10-4-2-5-11-19/h2-16,24,29H,17H2,1H3,(H,27,30)/b26-16-/t24-/m1/s1. The second-order valence-electron chi connectivity index (χ2n) is 7.14. The van der Waals surface area contributed by atoms with E-state index in [-0.39, 0.29) is 0 Å². The van der Waals surface area contributed by atoms with Gasteiger partial charge in [0.2, 0.25) is 0 Å². The number of para-hydroxylation sites is 1. The third kappa shape index (κ3) is 4.02. The van der Waals surface area contributed by atoms with Crippen LogP contribution in [0.1, 0.15) is 28.5 Å². The minimum atomic E-state index is -1.26. The number of nitrogens with one attached hydrogen (secondary N) is 1. The van der Waals surface area contributed by atoms with E-state index in [9.17, 15) is 9.90 Å². The Kier molecular flexibility index (Phi) is 5.72. The van der Waals surface area contributed by atoms with Gasteiger partial charge in [-0.15, -0.1) is 0 Å². The molecule has 0 saturated carbocycles. The maximum Gasteiger partial charge on any atom is 0.273 e. The highest BCUT2D eigenvalue weighted by atomic mass is 16.3. The molecule has 0 bridgehead atoms. The van der Waals surface area contributed by atoms with E-state index in [0.717, 1.165) is 28.7 Å². The van der Waals surface area contributed by atoms with Gasteiger partial charge in [-0.3, -0.25) is 4.79 Å². The zero-order valence-corrected chi connectivity index (χ0v) is 16.7. The Labute approximate surface area is 175 Å². The summed E-state index contributed by atoms with van der Waals surface area (Å²) >= 11 is 0. The molecule has 0 aliphatic rings. The number of aromatic nitrogens is 1. The van der Waals surface area contributed by atoms with Gasteiger partial charge in [0.1, 0.15) is 0 Å². The predicted molar refractivity (Wildman–Crippen MR) is 119 cm³/mol. The highest BCUT2D eigenvalue weighted by Crippen LogP contribution is 2.25. The molecule has 1 heterocycles. The molecule has 30 heavy (non-hydrogen) atoms. The number of hydrogen-bond donors (Lipinski definition) is 2. The number of hydrazone groups is 1. The maximum atomic E-state index is 12.2. The minimum absolute atomic E-state index is 0.529. The molecule has 5 heteroatoms. The third-order valence-corrected chi connectivity index (χ3v) is 5.20. The van der Waals surface area contributed by atoms with Crippen LogP contribution in [0, 0.1) is 6.92 Å². The van der Waals surface area contributed by atoms with E-state index in [2.05, 4.69) is 33.3 Å². The number of carbonyl (C=O) groups is 1. The number of aliphatic hydroxyl groups is 1. The van der Waals surface area contributed by atoms with Crippen molar-refractivity contribution in [3.8, 4) is 0 Å². The van der Waals surface area contributed by atoms with Crippen molar-refractivity contribution in [3.63, 3.8) is 0 Å². The molecule has 1 aromatic heterocycles. The first kappa shape index (κ1) is 19.6. The summed E-state index contributed by atoms with van der Waals surface area (Å²) in [4.78, 5) is 12.2. The molecule has 0 radical (unpaired) electrons. The molecule has 4 rings (SSSR count). The van der Waals surface area contributed by atoms with E-state index in [0.29, 0.717) is 5.56 Å². The third-order valence-electron chi connectivity index (χ3n) is 5.20. The second-order valence-corrected chi connectivity index (χ2v) is 7.14. The second kappa shape index (κ2) is 8.76. The molecule has 2 N–H and O–H groups in total. The minimum Gasteiger partial charge on any atom is -0.378 e. The van der Waals surface area contributed by atoms with Crippen molar-refractivity contribution in [1.29, 1.82) is 0 Å². The van der Waals surface area contributed by atoms with E-state index in [4.69, 9.17) is 0 Å². The number of fused-ring (bicyclic) bond motifs is 1. The van der Waals surface area contributed by atoms with Crippen LogP contribution in [0.15, 0.2) is 90.0 Å². The quantitative estimate of drug-likeness (QED) is 0.379. The van der Waals surface area contributed by atoms with Gasteiger partial charge >= 0.3 is 0 Å². The molecule has 150 valence electrons. The Balaban J connectivity index is 1.58. The van der Waals surface area contributed by atoms with Gasteiger partial charge in [0, 0.05) is 28.7 Å². The van der Waals surface area contributed by atoms with Gasteiger partial charge in [-0.2, -0.15) is 5.10 Å². The fourth-order valence-electron chi connectivity index (χ4n) is 3.60. The van der Waals surface area contributed by atoms with E-state index < -0.39 is 12.0 Å². The molecule has 0 aliphatic carbocycles. The van der Waals surface area contributed by atoms with Crippen molar-refractivity contribution in [2.24, 2.45) is 5.10 Å². The zero-order valence-electron chi connectivity index (χ0n) is 16.7. The van der Waals surface area contributed by atoms with Crippen LogP contribution < -0.4 is 5.43 Å². The van der Waals surface area contributed by atoms with Gasteiger partial charge in [0.25, 0.3) is 5.91 Å². The Morgan fingerprint density at radius 2 is 1.63 bits per heavy atom. The summed E-state index contributed by atoms with van der Waals surface area (Å²) in [6.45, 7) is 2.80. The summed E-state index contributed by atoms with van der Waals surface area (Å²) in [5, 5.41) is 15.4. The van der Waals surface area contributed by atoms with Crippen LogP contribution in [0.3, 0.4) is 0 Å². The zero-order chi connectivity index (χ0) is 20.9. The van der Waals surface area contributed by atoms with E-state index in [1.54, 1.807) is 30.5 Å². The molecule has 5 nitrogen and oxygen atoms in total. The molecule has 4 aromatic rings. The predicted octanol–water partition coefficient (Wildman–Crippen LogP) is 4.18. The molecule has 1 atom stereocenters. The molecule has 0 unspecified atom stereocenters. The summed E-state index contributed by atoms with van der Waals surface area (Å²) in [5.41, 5.74) is 7.30. The fourth-order valence-corrected chi connectivity index (χ4v) is 3.60. The van der Waals surface area contributed by atoms with Crippen molar-refractivity contribution in [2.45, 2.75) is 19.6 Å². The van der Waals surface area contributed by atoms with Gasteiger partial charge in [-0.25, -0.2) is 5.43 Å². The van der Waals surface area contributed by atoms with Crippen molar-refractivity contribution in [3.05, 3.63) is 107 Å². The van der Waals surface area contributed by atoms with E-state index in [1.807, 2.05) is 49.4 Å². The highest BCUT2D eigenvalue weighted by molar-refractivity contribution is 6.01. The first-order valence-corrected chi connectivity index (χ1v) is 9.83. The Morgan fingerprint density at radius 1 is 1.00 bits per heavy atom. The monoisotopic (exact) mass is 397 g/mol. The van der Waals surface area contributed by atoms with Gasteiger partial charge in [0.05, 0.1) is 6.21 Å². The summed E-state index contributed by atoms with van der Waals surface area (Å²) < 4.78 is 2.24. The van der Waals surface area contributed by atoms with Gasteiger partial charge in [-0.05, 0) is 24.1 Å². The van der Waals surface area contributed by atoms with Gasteiger partial charge in [0.15, 0.2) is 6.10 Å². The number of carbonyl (C=O) groups excluding carboxylic acids is 1. The normalized spacial score (nSPS) is 12.3. The van der Waals surface area contributed by atoms with Crippen LogP contribution in [-0.2, 0) is 11.3 Å². The fraction of sp³-hybridized carbons (Fsp3) is 0.120. The van der Waals surface area contributed by atoms with Crippen LogP contribution >= 0.6 is 0 Å². The SMILES string of the molecule is Cc1c(/C=N\NC(=O)[C@H](O)c2ccccc2)c2ccccc2n1Cc1ccccc1. The number of hydrogen-bond acceptors (Lipinski definition) is 3. The number of amides is 1. The van der Waals surface area contributed by atoms with Crippen molar-refractivity contribution >= 4 is 23.0 Å². The smallest absolute Gasteiger partial charge is 0.273 e. The molecule has 0 fully saturated rings. The lowest BCUT2D eigenvalue weighted by atomic mass is 10.1. The van der Waals surface area contributed by atoms with E-state index in [1.165, 1.54) is 5.56 Å². The average Bonchev–Trinajstić information content (AvgIpc) is 3.06. The number of rotatable bonds is 6. The molecule has 0 saturated heterocycles. The molecule has 3 aromatic carbocycles. The summed E-state index contributed by atoms with van der Waals surface area (Å²) in [7, 11) is 0. The average molecular weight is 397 g/mol. The van der Waals surface area contributed by atoms with Crippen LogP contribution in [0.5, 0.6) is 0 Å². The molecular weight excluding hydrogens is 374 g/mol. The molecule has 1 amide bonds. The van der Waals surface area contributed by atoms with Crippen molar-refractivity contribution in [1.82, 2.24) is 9.99 Å². The number of aliphatic hydroxyl groups excluding tert-OH is 1. The van der Waals surface area contributed by atoms with Crippen LogP contribution in [-0.4, -0.2) is 21.8 Å². The number of benzene rings is 3. The molecular formula is C25H23N3O2. The van der Waals surface area contributed by atoms with Crippen molar-refractivity contribution < 1.29 is 9.90 Å². The first-order valence-electron chi connectivity index (χ1n) is 9.83. The lowest BCUT2D eigenvalue weighted by molar-refractivity contribution is -0.129. The summed E-state index contributed by atoms with van der Waals surface area (Å²) in [6, 6.07) is 27.2. The largest absolute Gasteiger partial charge is 0.378 e. The van der Waals surface area contributed by atoms with Gasteiger partial charge in [-0.1, -0.05) is 78.9 Å². The van der Waals surface area contributed by atoms with E-state index >= 15 is 0 Å². The maximum absolute atomic E-state index is 12.2. The lowest BCUT2D eigenvalue weighted by Gasteiger charge is -2.09. The van der Waals surface area contributed by atoms with Crippen LogP contribution in [0.2, 0.25) is 0 Å². The molecule has 0 spiro atoms. The van der Waals surface area contributed by atoms with Gasteiger partial charge < -0.3 is 9.67 Å². The first-order chi connectivity index (χ1) is 14.6. The topological polar surface area (TPSA) is 66.6 Å².